The summed E-state index contributed by atoms with van der Waals surface area (Å²) >= 11 is 4.99. The zero-order valence-corrected chi connectivity index (χ0v) is 10.5. The SMILES string of the molecule is CN(CC1CCC1)c1cccc(C(N)=S)c1. The van der Waals surface area contributed by atoms with E-state index in [4.69, 9.17) is 18.0 Å². The van der Waals surface area contributed by atoms with E-state index in [1.165, 1.54) is 24.9 Å². The van der Waals surface area contributed by atoms with Gasteiger partial charge in [-0.25, -0.2) is 0 Å². The molecule has 16 heavy (non-hydrogen) atoms. The van der Waals surface area contributed by atoms with Gasteiger partial charge in [0.05, 0.1) is 0 Å². The Morgan fingerprint density at radius 2 is 2.25 bits per heavy atom. The smallest absolute Gasteiger partial charge is 0.104 e. The van der Waals surface area contributed by atoms with Crippen LogP contribution < -0.4 is 10.6 Å². The highest BCUT2D eigenvalue weighted by atomic mass is 32.1. The minimum atomic E-state index is 0.471. The van der Waals surface area contributed by atoms with E-state index in [1.807, 2.05) is 12.1 Å². The molecule has 0 amide bonds. The number of hydrogen-bond acceptors (Lipinski definition) is 2. The molecule has 1 aliphatic carbocycles. The number of rotatable bonds is 4. The minimum Gasteiger partial charge on any atom is -0.389 e. The Hall–Kier alpha value is -1.09. The van der Waals surface area contributed by atoms with Crippen LogP contribution in [0.1, 0.15) is 24.8 Å². The number of benzene rings is 1. The van der Waals surface area contributed by atoms with Crippen molar-refractivity contribution < 1.29 is 0 Å². The van der Waals surface area contributed by atoms with E-state index in [0.717, 1.165) is 18.0 Å². The van der Waals surface area contributed by atoms with Crippen molar-refractivity contribution in [3.05, 3.63) is 29.8 Å². The maximum absolute atomic E-state index is 5.63. The predicted molar refractivity (Wildman–Crippen MR) is 72.9 cm³/mol. The van der Waals surface area contributed by atoms with Gasteiger partial charge in [0.1, 0.15) is 4.99 Å². The zero-order valence-electron chi connectivity index (χ0n) is 9.65. The number of anilines is 1. The Morgan fingerprint density at radius 1 is 1.50 bits per heavy atom. The topological polar surface area (TPSA) is 29.3 Å². The van der Waals surface area contributed by atoms with Gasteiger partial charge in [0, 0.05) is 24.8 Å². The average Bonchev–Trinajstić information content (AvgIpc) is 2.23. The maximum atomic E-state index is 5.63. The van der Waals surface area contributed by atoms with Gasteiger partial charge in [-0.3, -0.25) is 0 Å². The molecule has 1 aromatic rings. The first-order valence-electron chi connectivity index (χ1n) is 5.78. The summed E-state index contributed by atoms with van der Waals surface area (Å²) in [6.45, 7) is 1.14. The Kier molecular flexibility index (Phi) is 3.44. The number of nitrogens with two attached hydrogens (primary N) is 1. The second-order valence-electron chi connectivity index (χ2n) is 4.59. The van der Waals surface area contributed by atoms with Gasteiger partial charge < -0.3 is 10.6 Å². The van der Waals surface area contributed by atoms with Gasteiger partial charge in [0.25, 0.3) is 0 Å². The van der Waals surface area contributed by atoms with Gasteiger partial charge in [-0.15, -0.1) is 0 Å². The van der Waals surface area contributed by atoms with E-state index in [2.05, 4.69) is 24.1 Å². The summed E-state index contributed by atoms with van der Waals surface area (Å²) in [7, 11) is 2.14. The maximum Gasteiger partial charge on any atom is 0.104 e. The van der Waals surface area contributed by atoms with E-state index in [0.29, 0.717) is 4.99 Å². The Bertz CT molecular complexity index is 385. The zero-order chi connectivity index (χ0) is 11.5. The van der Waals surface area contributed by atoms with Gasteiger partial charge in [0.2, 0.25) is 0 Å². The number of hydrogen-bond donors (Lipinski definition) is 1. The fourth-order valence-corrected chi connectivity index (χ4v) is 2.19. The fraction of sp³-hybridized carbons (Fsp3) is 0.462. The summed E-state index contributed by atoms with van der Waals surface area (Å²) in [5.41, 5.74) is 7.79. The van der Waals surface area contributed by atoms with Crippen molar-refractivity contribution in [2.45, 2.75) is 19.3 Å². The average molecular weight is 234 g/mol. The van der Waals surface area contributed by atoms with Gasteiger partial charge in [0.15, 0.2) is 0 Å². The van der Waals surface area contributed by atoms with Crippen LogP contribution in [0.4, 0.5) is 5.69 Å². The lowest BCUT2D eigenvalue weighted by atomic mass is 9.85. The summed E-state index contributed by atoms with van der Waals surface area (Å²) in [5.74, 6) is 0.874. The van der Waals surface area contributed by atoms with Crippen molar-refractivity contribution >= 4 is 22.9 Å². The third-order valence-corrected chi connectivity index (χ3v) is 3.56. The van der Waals surface area contributed by atoms with Crippen molar-refractivity contribution in [2.75, 3.05) is 18.5 Å². The van der Waals surface area contributed by atoms with E-state index in [9.17, 15) is 0 Å². The normalized spacial score (nSPS) is 15.6. The van der Waals surface area contributed by atoms with Crippen molar-refractivity contribution in [1.82, 2.24) is 0 Å². The lowest BCUT2D eigenvalue weighted by Crippen LogP contribution is -2.29. The molecule has 0 atom stereocenters. The van der Waals surface area contributed by atoms with Crippen molar-refractivity contribution in [3.8, 4) is 0 Å². The minimum absolute atomic E-state index is 0.471. The van der Waals surface area contributed by atoms with Crippen molar-refractivity contribution in [1.29, 1.82) is 0 Å². The molecule has 3 heteroatoms. The molecule has 0 spiro atoms. The molecule has 0 unspecified atom stereocenters. The van der Waals surface area contributed by atoms with Crippen molar-refractivity contribution in [2.24, 2.45) is 11.7 Å². The van der Waals surface area contributed by atoms with Gasteiger partial charge >= 0.3 is 0 Å². The summed E-state index contributed by atoms with van der Waals surface area (Å²) in [5, 5.41) is 0. The van der Waals surface area contributed by atoms with E-state index in [1.54, 1.807) is 0 Å². The molecule has 0 saturated heterocycles. The molecule has 0 aliphatic heterocycles. The molecule has 0 bridgehead atoms. The van der Waals surface area contributed by atoms with Crippen LogP contribution in [0.25, 0.3) is 0 Å². The molecule has 0 radical (unpaired) electrons. The van der Waals surface area contributed by atoms with E-state index < -0.39 is 0 Å². The molecule has 2 nitrogen and oxygen atoms in total. The van der Waals surface area contributed by atoms with Crippen LogP contribution in [0.15, 0.2) is 24.3 Å². The van der Waals surface area contributed by atoms with Crippen LogP contribution in [0.5, 0.6) is 0 Å². The van der Waals surface area contributed by atoms with Gasteiger partial charge in [-0.1, -0.05) is 30.8 Å². The van der Waals surface area contributed by atoms with Crippen molar-refractivity contribution in [3.63, 3.8) is 0 Å². The quantitative estimate of drug-likeness (QED) is 0.812. The molecule has 2 N–H and O–H groups in total. The lowest BCUT2D eigenvalue weighted by Gasteiger charge is -2.31. The first kappa shape index (κ1) is 11.4. The van der Waals surface area contributed by atoms with Crippen LogP contribution in [0, 0.1) is 5.92 Å². The van der Waals surface area contributed by atoms with Crippen LogP contribution in [0.2, 0.25) is 0 Å². The third kappa shape index (κ3) is 2.53. The first-order chi connectivity index (χ1) is 7.66. The largest absolute Gasteiger partial charge is 0.389 e. The van der Waals surface area contributed by atoms with Crippen LogP contribution in [-0.2, 0) is 0 Å². The predicted octanol–water partition coefficient (Wildman–Crippen LogP) is 2.56. The Morgan fingerprint density at radius 3 is 2.81 bits per heavy atom. The van der Waals surface area contributed by atoms with E-state index >= 15 is 0 Å². The molecule has 1 aliphatic rings. The molecule has 2 rings (SSSR count). The lowest BCUT2D eigenvalue weighted by molar-refractivity contribution is 0.321. The third-order valence-electron chi connectivity index (χ3n) is 3.33. The number of thiocarbonyl (C=S) groups is 1. The molecule has 1 aromatic carbocycles. The standard InChI is InChI=1S/C13H18N2S/c1-15(9-10-4-2-5-10)12-7-3-6-11(8-12)13(14)16/h3,6-8,10H,2,4-5,9H2,1H3,(H2,14,16). The molecule has 1 saturated carbocycles. The van der Waals surface area contributed by atoms with E-state index in [-0.39, 0.29) is 0 Å². The summed E-state index contributed by atoms with van der Waals surface area (Å²) in [6.07, 6.45) is 4.14. The Labute approximate surface area is 102 Å². The second-order valence-corrected chi connectivity index (χ2v) is 5.03. The molecule has 86 valence electrons. The molecular weight excluding hydrogens is 216 g/mol. The summed E-state index contributed by atoms with van der Waals surface area (Å²) < 4.78 is 0. The second kappa shape index (κ2) is 4.83. The monoisotopic (exact) mass is 234 g/mol. The highest BCUT2D eigenvalue weighted by Gasteiger charge is 2.19. The highest BCUT2D eigenvalue weighted by molar-refractivity contribution is 7.80. The van der Waals surface area contributed by atoms with Gasteiger partial charge in [-0.2, -0.15) is 0 Å². The summed E-state index contributed by atoms with van der Waals surface area (Å²) in [4.78, 5) is 2.77. The highest BCUT2D eigenvalue weighted by Crippen LogP contribution is 2.28. The molecule has 0 heterocycles. The first-order valence-corrected chi connectivity index (χ1v) is 6.18. The molecular formula is C13H18N2S. The Balaban J connectivity index is 2.06. The fourth-order valence-electron chi connectivity index (χ4n) is 2.06. The van der Waals surface area contributed by atoms with Gasteiger partial charge in [-0.05, 0) is 30.9 Å². The van der Waals surface area contributed by atoms with Crippen LogP contribution in [-0.4, -0.2) is 18.6 Å². The number of nitrogens with zero attached hydrogens (tertiary/aromatic N) is 1. The van der Waals surface area contributed by atoms with Crippen LogP contribution >= 0.6 is 12.2 Å². The van der Waals surface area contributed by atoms with Crippen LogP contribution in [0.3, 0.4) is 0 Å². The molecule has 0 aromatic heterocycles. The molecule has 1 fully saturated rings. The summed E-state index contributed by atoms with van der Waals surface area (Å²) in [6, 6.07) is 8.16.